The van der Waals surface area contributed by atoms with Crippen LogP contribution >= 0.6 is 0 Å². The third-order valence-electron chi connectivity index (χ3n) is 2.19. The van der Waals surface area contributed by atoms with Crippen LogP contribution in [0.25, 0.3) is 22.1 Å². The summed E-state index contributed by atoms with van der Waals surface area (Å²) in [6, 6.07) is 3.79. The molecule has 5 nitrogen and oxygen atoms in total. The Kier molecular flexibility index (Phi) is 1.25. The molecule has 68 valence electrons. The lowest BCUT2D eigenvalue weighted by atomic mass is 10.2. The molecule has 0 aliphatic rings. The highest BCUT2D eigenvalue weighted by Gasteiger charge is 2.05. The van der Waals surface area contributed by atoms with E-state index in [1.807, 2.05) is 12.1 Å². The van der Waals surface area contributed by atoms with Crippen molar-refractivity contribution in [3.63, 3.8) is 0 Å². The molecule has 0 unspecified atom stereocenters. The third-order valence-corrected chi connectivity index (χ3v) is 2.19. The van der Waals surface area contributed by atoms with Crippen molar-refractivity contribution >= 4 is 22.1 Å². The Morgan fingerprint density at radius 2 is 2.14 bits per heavy atom. The van der Waals surface area contributed by atoms with Crippen molar-refractivity contribution in [2.45, 2.75) is 0 Å². The first kappa shape index (κ1) is 7.25. The van der Waals surface area contributed by atoms with E-state index in [1.165, 1.54) is 11.0 Å². The molecule has 14 heavy (non-hydrogen) atoms. The van der Waals surface area contributed by atoms with Crippen molar-refractivity contribution < 1.29 is 0 Å². The molecule has 0 saturated heterocycles. The molecule has 3 aromatic rings. The first-order valence-corrected chi connectivity index (χ1v) is 4.18. The predicted octanol–water partition coefficient (Wildman–Crippen LogP) is 0.693. The van der Waals surface area contributed by atoms with E-state index >= 15 is 0 Å². The van der Waals surface area contributed by atoms with Gasteiger partial charge in [-0.15, -0.1) is 0 Å². The number of pyridine rings is 2. The number of hydrogen-bond acceptors (Lipinski definition) is 4. The second-order valence-corrected chi connectivity index (χ2v) is 3.02. The summed E-state index contributed by atoms with van der Waals surface area (Å²) in [6.45, 7) is 0. The predicted molar refractivity (Wildman–Crippen MR) is 53.0 cm³/mol. The number of nitrogen functional groups attached to an aromatic ring is 1. The van der Waals surface area contributed by atoms with Crippen LogP contribution in [0.5, 0.6) is 0 Å². The molecular weight excluding hydrogens is 178 g/mol. The van der Waals surface area contributed by atoms with Gasteiger partial charge in [0.1, 0.15) is 17.4 Å². The molecule has 0 fully saturated rings. The van der Waals surface area contributed by atoms with E-state index in [0.29, 0.717) is 5.65 Å². The van der Waals surface area contributed by atoms with Gasteiger partial charge in [0.25, 0.3) is 0 Å². The van der Waals surface area contributed by atoms with Crippen LogP contribution in [-0.4, -0.2) is 19.6 Å². The minimum absolute atomic E-state index is 0.709. The van der Waals surface area contributed by atoms with Crippen molar-refractivity contribution in [2.24, 2.45) is 0 Å². The van der Waals surface area contributed by atoms with Gasteiger partial charge in [-0.1, -0.05) is 0 Å². The number of fused-ring (bicyclic) bond motifs is 3. The highest BCUT2D eigenvalue weighted by Crippen LogP contribution is 2.18. The zero-order valence-corrected chi connectivity index (χ0v) is 7.25. The summed E-state index contributed by atoms with van der Waals surface area (Å²) in [5, 5.41) is 0.921. The molecular formula is C9H7N5. The second kappa shape index (κ2) is 2.41. The van der Waals surface area contributed by atoms with Gasteiger partial charge in [0.05, 0.1) is 6.20 Å². The van der Waals surface area contributed by atoms with Gasteiger partial charge < -0.3 is 5.84 Å². The van der Waals surface area contributed by atoms with Gasteiger partial charge in [-0.05, 0) is 12.1 Å². The van der Waals surface area contributed by atoms with E-state index in [9.17, 15) is 0 Å². The van der Waals surface area contributed by atoms with E-state index in [0.717, 1.165) is 16.4 Å². The number of aromatic nitrogens is 4. The van der Waals surface area contributed by atoms with E-state index in [4.69, 9.17) is 5.84 Å². The van der Waals surface area contributed by atoms with E-state index < -0.39 is 0 Å². The third kappa shape index (κ3) is 0.806. The van der Waals surface area contributed by atoms with E-state index in [2.05, 4.69) is 15.0 Å². The van der Waals surface area contributed by atoms with Crippen LogP contribution in [0.15, 0.2) is 30.9 Å². The van der Waals surface area contributed by atoms with Gasteiger partial charge in [-0.2, -0.15) is 0 Å². The largest absolute Gasteiger partial charge is 0.338 e. The Labute approximate surface area is 79.2 Å². The quantitative estimate of drug-likeness (QED) is 0.523. The molecule has 0 amide bonds. The maximum atomic E-state index is 5.72. The molecule has 0 atom stereocenters. The monoisotopic (exact) mass is 185 g/mol. The van der Waals surface area contributed by atoms with Gasteiger partial charge in [-0.3, -0.25) is 4.68 Å². The zero-order valence-electron chi connectivity index (χ0n) is 7.25. The van der Waals surface area contributed by atoms with Crippen molar-refractivity contribution in [2.75, 3.05) is 5.84 Å². The van der Waals surface area contributed by atoms with Crippen molar-refractivity contribution in [1.29, 1.82) is 0 Å². The van der Waals surface area contributed by atoms with Crippen LogP contribution in [0.1, 0.15) is 0 Å². The van der Waals surface area contributed by atoms with Gasteiger partial charge >= 0.3 is 0 Å². The smallest absolute Gasteiger partial charge is 0.160 e. The molecule has 3 rings (SSSR count). The Morgan fingerprint density at radius 3 is 3.07 bits per heavy atom. The molecule has 0 aromatic carbocycles. The Morgan fingerprint density at radius 1 is 1.21 bits per heavy atom. The van der Waals surface area contributed by atoms with Crippen LogP contribution in [0.2, 0.25) is 0 Å². The minimum atomic E-state index is 0.709. The van der Waals surface area contributed by atoms with Gasteiger partial charge in [0, 0.05) is 11.6 Å². The second-order valence-electron chi connectivity index (χ2n) is 3.02. The maximum absolute atomic E-state index is 5.72. The molecule has 2 N–H and O–H groups in total. The molecule has 0 saturated carbocycles. The van der Waals surface area contributed by atoms with Crippen LogP contribution in [0.3, 0.4) is 0 Å². The minimum Gasteiger partial charge on any atom is -0.338 e. The van der Waals surface area contributed by atoms with E-state index in [1.54, 1.807) is 12.4 Å². The molecule has 3 aromatic heterocycles. The van der Waals surface area contributed by atoms with Crippen LogP contribution < -0.4 is 5.84 Å². The zero-order chi connectivity index (χ0) is 9.54. The normalized spacial score (nSPS) is 11.1. The SMILES string of the molecule is Nn1cccc2c3ncnc3cnc21. The molecule has 0 aliphatic carbocycles. The lowest BCUT2D eigenvalue weighted by Crippen LogP contribution is -2.09. The summed E-state index contributed by atoms with van der Waals surface area (Å²) in [6.07, 6.45) is 4.95. The fraction of sp³-hybridized carbons (Fsp3) is 0. The summed E-state index contributed by atoms with van der Waals surface area (Å²) in [5.74, 6) is 5.72. The summed E-state index contributed by atoms with van der Waals surface area (Å²) in [7, 11) is 0. The molecule has 0 aliphatic heterocycles. The van der Waals surface area contributed by atoms with Crippen molar-refractivity contribution in [3.8, 4) is 0 Å². The highest BCUT2D eigenvalue weighted by atomic mass is 15.3. The van der Waals surface area contributed by atoms with Crippen LogP contribution in [0.4, 0.5) is 0 Å². The summed E-state index contributed by atoms with van der Waals surface area (Å²) in [5.41, 5.74) is 2.35. The maximum Gasteiger partial charge on any atom is 0.160 e. The molecule has 0 radical (unpaired) electrons. The first-order valence-electron chi connectivity index (χ1n) is 4.18. The Hall–Kier alpha value is -2.17. The van der Waals surface area contributed by atoms with Crippen molar-refractivity contribution in [1.82, 2.24) is 19.6 Å². The Bertz CT molecular complexity index is 613. The topological polar surface area (TPSA) is 69.6 Å². The molecule has 0 bridgehead atoms. The summed E-state index contributed by atoms with van der Waals surface area (Å²) >= 11 is 0. The lowest BCUT2D eigenvalue weighted by Gasteiger charge is -2.02. The number of nitrogens with zero attached hydrogens (tertiary/aromatic N) is 4. The van der Waals surface area contributed by atoms with Crippen LogP contribution in [0, 0.1) is 0 Å². The number of hydrogen-bond donors (Lipinski definition) is 1. The first-order chi connectivity index (χ1) is 6.86. The summed E-state index contributed by atoms with van der Waals surface area (Å²) < 4.78 is 1.48. The van der Waals surface area contributed by atoms with Crippen LogP contribution in [-0.2, 0) is 0 Å². The number of imidazole rings is 1. The van der Waals surface area contributed by atoms with Crippen molar-refractivity contribution in [3.05, 3.63) is 30.9 Å². The molecule has 5 heteroatoms. The number of nitrogens with two attached hydrogens (primary N) is 1. The molecule has 0 spiro atoms. The van der Waals surface area contributed by atoms with Gasteiger partial charge in [0.2, 0.25) is 0 Å². The van der Waals surface area contributed by atoms with Gasteiger partial charge in [0.15, 0.2) is 5.65 Å². The summed E-state index contributed by atoms with van der Waals surface area (Å²) in [4.78, 5) is 12.5. The average Bonchev–Trinajstić information content (AvgIpc) is 2.66. The fourth-order valence-corrected chi connectivity index (χ4v) is 1.54. The van der Waals surface area contributed by atoms with Gasteiger partial charge in [-0.25, -0.2) is 15.0 Å². The number of rotatable bonds is 0. The highest BCUT2D eigenvalue weighted by molar-refractivity contribution is 6.00. The lowest BCUT2D eigenvalue weighted by molar-refractivity contribution is 1.02. The molecule has 3 heterocycles. The van der Waals surface area contributed by atoms with E-state index in [-0.39, 0.29) is 0 Å². The standard InChI is InChI=1S/C9H7N5/c10-14-3-1-2-6-8-7(12-5-13-8)4-11-9(6)14/h1-5H,10H2. The Balaban J connectivity index is 2.64. The fourth-order valence-electron chi connectivity index (χ4n) is 1.54. The average molecular weight is 185 g/mol.